The Morgan fingerprint density at radius 2 is 2.07 bits per heavy atom. The molecule has 0 fully saturated rings. The van der Waals surface area contributed by atoms with E-state index in [0.29, 0.717) is 0 Å². The molecule has 0 heterocycles. The predicted octanol–water partition coefficient (Wildman–Crippen LogP) is 2.37. The van der Waals surface area contributed by atoms with Crippen molar-refractivity contribution in [2.45, 2.75) is 25.8 Å². The van der Waals surface area contributed by atoms with Crippen LogP contribution in [0.2, 0.25) is 0 Å². The summed E-state index contributed by atoms with van der Waals surface area (Å²) in [6.45, 7) is 4.08. The topological polar surface area (TPSA) is 35.2 Å². The van der Waals surface area contributed by atoms with Gasteiger partial charge in [-0.15, -0.1) is 0 Å². The molecule has 0 spiro atoms. The first-order valence-electron chi connectivity index (χ1n) is 5.18. The fourth-order valence-electron chi connectivity index (χ4n) is 1.93. The Morgan fingerprint density at radius 1 is 1.33 bits per heavy atom. The van der Waals surface area contributed by atoms with E-state index in [0.717, 1.165) is 12.2 Å². The summed E-state index contributed by atoms with van der Waals surface area (Å²) in [5, 5.41) is 0. The van der Waals surface area contributed by atoms with Crippen molar-refractivity contribution in [3.63, 3.8) is 0 Å². The highest BCUT2D eigenvalue weighted by molar-refractivity contribution is 5.70. The maximum Gasteiger partial charge on any atom is 0.126 e. The highest BCUT2D eigenvalue weighted by Crippen LogP contribution is 2.35. The van der Waals surface area contributed by atoms with Gasteiger partial charge in [-0.3, -0.25) is 0 Å². The van der Waals surface area contributed by atoms with E-state index in [1.165, 1.54) is 16.7 Å². The lowest BCUT2D eigenvalue weighted by molar-refractivity contribution is 0.413. The highest BCUT2D eigenvalue weighted by atomic mass is 16.5. The standard InChI is InChI=1S/C13H17NO/c1-13(2,14)10-7-9-5-4-6-12(15-3)11(9)8-10/h4-6,8H,7,14H2,1-3H3. The second-order valence-electron chi connectivity index (χ2n) is 4.60. The maximum absolute atomic E-state index is 6.10. The van der Waals surface area contributed by atoms with Gasteiger partial charge in [0.2, 0.25) is 0 Å². The van der Waals surface area contributed by atoms with Gasteiger partial charge in [-0.1, -0.05) is 12.1 Å². The minimum Gasteiger partial charge on any atom is -0.496 e. The fraction of sp³-hybridized carbons (Fsp3) is 0.385. The Bertz CT molecular complexity index is 413. The average molecular weight is 203 g/mol. The second-order valence-corrected chi connectivity index (χ2v) is 4.60. The van der Waals surface area contributed by atoms with Crippen LogP contribution in [0.15, 0.2) is 23.8 Å². The molecule has 2 heteroatoms. The van der Waals surface area contributed by atoms with Gasteiger partial charge < -0.3 is 10.5 Å². The number of ether oxygens (including phenoxy) is 1. The van der Waals surface area contributed by atoms with Crippen molar-refractivity contribution in [1.29, 1.82) is 0 Å². The van der Waals surface area contributed by atoms with E-state index >= 15 is 0 Å². The highest BCUT2D eigenvalue weighted by Gasteiger charge is 2.24. The third-order valence-electron chi connectivity index (χ3n) is 2.90. The normalized spacial score (nSPS) is 14.8. The molecule has 0 aromatic heterocycles. The van der Waals surface area contributed by atoms with Gasteiger partial charge in [-0.25, -0.2) is 0 Å². The molecule has 1 aliphatic carbocycles. The zero-order valence-electron chi connectivity index (χ0n) is 9.50. The minimum absolute atomic E-state index is 0.246. The molecule has 0 atom stereocenters. The van der Waals surface area contributed by atoms with Gasteiger partial charge in [0.05, 0.1) is 7.11 Å². The van der Waals surface area contributed by atoms with E-state index in [1.807, 2.05) is 26.0 Å². The first-order chi connectivity index (χ1) is 7.02. The molecule has 2 rings (SSSR count). The fourth-order valence-corrected chi connectivity index (χ4v) is 1.93. The van der Waals surface area contributed by atoms with Crippen LogP contribution in [0.5, 0.6) is 5.75 Å². The Morgan fingerprint density at radius 3 is 2.67 bits per heavy atom. The summed E-state index contributed by atoms with van der Waals surface area (Å²) in [6.07, 6.45) is 3.10. The van der Waals surface area contributed by atoms with E-state index in [9.17, 15) is 0 Å². The molecule has 1 aromatic carbocycles. The van der Waals surface area contributed by atoms with E-state index in [2.05, 4.69) is 12.1 Å². The summed E-state index contributed by atoms with van der Waals surface area (Å²) < 4.78 is 5.33. The van der Waals surface area contributed by atoms with Crippen molar-refractivity contribution in [2.75, 3.05) is 7.11 Å². The summed E-state index contributed by atoms with van der Waals surface area (Å²) in [4.78, 5) is 0. The smallest absolute Gasteiger partial charge is 0.126 e. The Hall–Kier alpha value is -1.28. The molecule has 0 amide bonds. The average Bonchev–Trinajstić information content (AvgIpc) is 2.59. The summed E-state index contributed by atoms with van der Waals surface area (Å²) in [5.41, 5.74) is 9.62. The molecule has 0 bridgehead atoms. The van der Waals surface area contributed by atoms with Gasteiger partial charge in [0.15, 0.2) is 0 Å². The maximum atomic E-state index is 6.10. The molecule has 2 N–H and O–H groups in total. The predicted molar refractivity (Wildman–Crippen MR) is 62.9 cm³/mol. The third-order valence-corrected chi connectivity index (χ3v) is 2.90. The SMILES string of the molecule is COc1cccc2c1C=C(C(C)(C)N)C2. The first kappa shape index (κ1) is 10.2. The summed E-state index contributed by atoms with van der Waals surface area (Å²) in [6, 6.07) is 6.15. The monoisotopic (exact) mass is 203 g/mol. The van der Waals surface area contributed by atoms with Crippen molar-refractivity contribution in [3.8, 4) is 5.75 Å². The Balaban J connectivity index is 2.44. The van der Waals surface area contributed by atoms with Crippen LogP contribution in [0.3, 0.4) is 0 Å². The van der Waals surface area contributed by atoms with Crippen molar-refractivity contribution in [3.05, 3.63) is 34.9 Å². The van der Waals surface area contributed by atoms with Crippen LogP contribution < -0.4 is 10.5 Å². The van der Waals surface area contributed by atoms with Crippen molar-refractivity contribution >= 4 is 6.08 Å². The quantitative estimate of drug-likeness (QED) is 0.801. The molecule has 0 saturated heterocycles. The zero-order chi connectivity index (χ0) is 11.1. The molecular weight excluding hydrogens is 186 g/mol. The second kappa shape index (κ2) is 3.38. The van der Waals surface area contributed by atoms with Crippen LogP contribution in [0.25, 0.3) is 6.08 Å². The molecule has 80 valence electrons. The number of methoxy groups -OCH3 is 1. The molecule has 15 heavy (non-hydrogen) atoms. The summed E-state index contributed by atoms with van der Waals surface area (Å²) >= 11 is 0. The van der Waals surface area contributed by atoms with Gasteiger partial charge in [-0.2, -0.15) is 0 Å². The minimum atomic E-state index is -0.246. The van der Waals surface area contributed by atoms with Gasteiger partial charge in [0.1, 0.15) is 5.75 Å². The molecule has 0 unspecified atom stereocenters. The van der Waals surface area contributed by atoms with E-state index in [4.69, 9.17) is 10.5 Å². The molecule has 1 aliphatic rings. The lowest BCUT2D eigenvalue weighted by atomic mass is 9.94. The lowest BCUT2D eigenvalue weighted by Gasteiger charge is -2.20. The molecule has 0 aliphatic heterocycles. The van der Waals surface area contributed by atoms with Crippen LogP contribution >= 0.6 is 0 Å². The molecule has 0 saturated carbocycles. The van der Waals surface area contributed by atoms with Crippen molar-refractivity contribution < 1.29 is 4.74 Å². The number of nitrogens with two attached hydrogens (primary N) is 1. The van der Waals surface area contributed by atoms with Crippen LogP contribution in [0.1, 0.15) is 25.0 Å². The van der Waals surface area contributed by atoms with Crippen LogP contribution in [0.4, 0.5) is 0 Å². The molecule has 0 radical (unpaired) electrons. The van der Waals surface area contributed by atoms with Crippen LogP contribution in [-0.2, 0) is 6.42 Å². The molecule has 2 nitrogen and oxygen atoms in total. The Labute approximate surface area is 90.7 Å². The van der Waals surface area contributed by atoms with Crippen molar-refractivity contribution in [2.24, 2.45) is 5.73 Å². The van der Waals surface area contributed by atoms with E-state index in [1.54, 1.807) is 7.11 Å². The summed E-state index contributed by atoms with van der Waals surface area (Å²) in [5.74, 6) is 0.937. The zero-order valence-corrected chi connectivity index (χ0v) is 9.50. The number of benzene rings is 1. The summed E-state index contributed by atoms with van der Waals surface area (Å²) in [7, 11) is 1.70. The number of hydrogen-bond donors (Lipinski definition) is 1. The molecule has 1 aromatic rings. The van der Waals surface area contributed by atoms with Crippen LogP contribution in [-0.4, -0.2) is 12.6 Å². The van der Waals surface area contributed by atoms with Gasteiger partial charge in [0.25, 0.3) is 0 Å². The van der Waals surface area contributed by atoms with E-state index < -0.39 is 0 Å². The van der Waals surface area contributed by atoms with Gasteiger partial charge in [0, 0.05) is 11.1 Å². The number of hydrogen-bond acceptors (Lipinski definition) is 2. The largest absolute Gasteiger partial charge is 0.496 e. The Kier molecular flexibility index (Phi) is 2.31. The van der Waals surface area contributed by atoms with E-state index in [-0.39, 0.29) is 5.54 Å². The lowest BCUT2D eigenvalue weighted by Crippen LogP contribution is -2.34. The van der Waals surface area contributed by atoms with Gasteiger partial charge in [-0.05, 0) is 43.5 Å². The van der Waals surface area contributed by atoms with Crippen molar-refractivity contribution in [1.82, 2.24) is 0 Å². The number of fused-ring (bicyclic) bond motifs is 1. The third kappa shape index (κ3) is 1.77. The van der Waals surface area contributed by atoms with Gasteiger partial charge >= 0.3 is 0 Å². The first-order valence-corrected chi connectivity index (χ1v) is 5.18. The number of rotatable bonds is 2. The van der Waals surface area contributed by atoms with Crippen LogP contribution in [0, 0.1) is 0 Å². The molecular formula is C13H17NO.